The third-order valence-corrected chi connectivity index (χ3v) is 3.65. The number of nitrogens with one attached hydrogen (secondary N) is 1. The van der Waals surface area contributed by atoms with Gasteiger partial charge in [-0.3, -0.25) is 8.99 Å². The van der Waals surface area contributed by atoms with Crippen LogP contribution in [-0.2, 0) is 19.9 Å². The summed E-state index contributed by atoms with van der Waals surface area (Å²) in [6.45, 7) is 0. The van der Waals surface area contributed by atoms with Crippen molar-refractivity contribution in [3.63, 3.8) is 0 Å². The van der Waals surface area contributed by atoms with Crippen LogP contribution in [0.1, 0.15) is 0 Å². The van der Waals surface area contributed by atoms with Gasteiger partial charge in [-0.1, -0.05) is 0 Å². The molecule has 0 spiro atoms. The molecule has 0 saturated carbocycles. The van der Waals surface area contributed by atoms with E-state index in [2.05, 4.69) is 0 Å². The first-order chi connectivity index (χ1) is 6.21. The first-order valence-corrected chi connectivity index (χ1v) is 5.57. The Morgan fingerprint density at radius 2 is 1.19 bits per heavy atom. The quantitative estimate of drug-likeness (QED) is 0.507. The summed E-state index contributed by atoms with van der Waals surface area (Å²) in [7, 11) is -12.8. The molecule has 0 bridgehead atoms. The van der Waals surface area contributed by atoms with Crippen LogP contribution in [-0.4, -0.2) is 23.6 Å². The van der Waals surface area contributed by atoms with Crippen molar-refractivity contribution in [2.45, 2.75) is 11.0 Å². The van der Waals surface area contributed by atoms with E-state index in [9.17, 15) is 39.0 Å². The van der Waals surface area contributed by atoms with Gasteiger partial charge in [0.05, 0.1) is 9.92 Å². The van der Waals surface area contributed by atoms with E-state index in [1.54, 1.807) is 0 Å². The maximum Gasteiger partial charge on any atom is 1.00 e. The van der Waals surface area contributed by atoms with Crippen molar-refractivity contribution in [2.75, 3.05) is 0 Å². The average molecular weight is 318 g/mol. The topological polar surface area (TPSA) is 89.2 Å². The van der Waals surface area contributed by atoms with Crippen LogP contribution < -0.4 is 51.4 Å². The SMILES string of the molecule is N=S(=O)([N-]S(=O)(=O)C(F)(F)F)C(F)(F)F.[K+]. The summed E-state index contributed by atoms with van der Waals surface area (Å²) < 4.78 is 106. The number of nitrogens with zero attached hydrogens (tertiary/aromatic N) is 1. The monoisotopic (exact) mass is 318 g/mol. The van der Waals surface area contributed by atoms with E-state index >= 15 is 0 Å². The minimum Gasteiger partial charge on any atom is -0.439 e. The predicted molar refractivity (Wildman–Crippen MR) is 35.3 cm³/mol. The minimum atomic E-state index is -6.60. The smallest absolute Gasteiger partial charge is 0.439 e. The third-order valence-electron chi connectivity index (χ3n) is 0.809. The Balaban J connectivity index is 0. The van der Waals surface area contributed by atoms with E-state index in [4.69, 9.17) is 4.78 Å². The summed E-state index contributed by atoms with van der Waals surface area (Å²) in [6.07, 6.45) is 0. The molecule has 1 N–H and O–H groups in total. The zero-order valence-electron chi connectivity index (χ0n) is 7.26. The molecule has 1 unspecified atom stereocenters. The fourth-order valence-corrected chi connectivity index (χ4v) is 2.00. The standard InChI is InChI=1S/C2HF6N2O3S2.K/c3-1(4,5)14(9,11)10-15(12,13)2(6,7)8;/h(H-,9,10,11);/q-1;+1. The molecule has 5 nitrogen and oxygen atoms in total. The Labute approximate surface area is 129 Å². The zero-order valence-corrected chi connectivity index (χ0v) is 12.0. The number of hydrogen-bond donors (Lipinski definition) is 1. The van der Waals surface area contributed by atoms with Crippen LogP contribution in [0.4, 0.5) is 26.3 Å². The zero-order chi connectivity index (χ0) is 12.7. The molecule has 0 aliphatic carbocycles. The van der Waals surface area contributed by atoms with Gasteiger partial charge >= 0.3 is 62.4 Å². The van der Waals surface area contributed by atoms with E-state index in [1.807, 2.05) is 0 Å². The molecule has 0 saturated heterocycles. The largest absolute Gasteiger partial charge is 1.00 e. The summed E-state index contributed by atoms with van der Waals surface area (Å²) in [5.41, 5.74) is -12.1. The first-order valence-electron chi connectivity index (χ1n) is 2.61. The molecule has 0 aromatic carbocycles. The van der Waals surface area contributed by atoms with Crippen LogP contribution in [0.15, 0.2) is 0 Å². The average Bonchev–Trinajstić information content (AvgIpc) is 1.77. The van der Waals surface area contributed by atoms with Gasteiger partial charge in [0.2, 0.25) is 0 Å². The molecule has 1 atom stereocenters. The second-order valence-corrected chi connectivity index (χ2v) is 5.49. The van der Waals surface area contributed by atoms with Crippen molar-refractivity contribution in [1.29, 1.82) is 4.78 Å². The molecule has 0 radical (unpaired) electrons. The molecule has 0 aliphatic heterocycles. The number of halogens is 6. The van der Waals surface area contributed by atoms with E-state index in [-0.39, 0.29) is 51.4 Å². The second-order valence-electron chi connectivity index (χ2n) is 1.97. The fourth-order valence-electron chi connectivity index (χ4n) is 0.223. The summed E-state index contributed by atoms with van der Waals surface area (Å²) >= 11 is 0. The van der Waals surface area contributed by atoms with E-state index in [1.165, 1.54) is 0 Å². The minimum absolute atomic E-state index is 0. The molecule has 14 heteroatoms. The first kappa shape index (κ1) is 19.4. The van der Waals surface area contributed by atoms with Crippen LogP contribution in [0, 0.1) is 4.78 Å². The number of rotatable bonds is 2. The maximum absolute atomic E-state index is 11.6. The van der Waals surface area contributed by atoms with Crippen LogP contribution in [0.5, 0.6) is 0 Å². The number of alkyl halides is 6. The molecule has 0 aromatic heterocycles. The summed E-state index contributed by atoms with van der Waals surface area (Å²) in [6, 6.07) is 0. The van der Waals surface area contributed by atoms with Gasteiger partial charge in [-0.25, -0.2) is 8.42 Å². The Kier molecular flexibility index (Phi) is 6.52. The molecule has 0 rings (SSSR count). The van der Waals surface area contributed by atoms with Gasteiger partial charge in [-0.2, -0.15) is 26.3 Å². The molecular weight excluding hydrogens is 317 g/mol. The predicted octanol–water partition coefficient (Wildman–Crippen LogP) is -1.30. The molecule has 16 heavy (non-hydrogen) atoms. The molecule has 0 aromatic rings. The van der Waals surface area contributed by atoms with Crippen molar-refractivity contribution in [2.24, 2.45) is 0 Å². The van der Waals surface area contributed by atoms with Crippen LogP contribution in [0.25, 0.3) is 4.13 Å². The Morgan fingerprint density at radius 1 is 0.875 bits per heavy atom. The summed E-state index contributed by atoms with van der Waals surface area (Å²) in [5, 5.41) is 0. The van der Waals surface area contributed by atoms with Crippen molar-refractivity contribution in [1.82, 2.24) is 0 Å². The van der Waals surface area contributed by atoms with Crippen molar-refractivity contribution < 1.29 is 90.4 Å². The Hall–Kier alpha value is 1.08. The van der Waals surface area contributed by atoms with E-state index in [0.717, 1.165) is 4.13 Å². The van der Waals surface area contributed by atoms with Crippen molar-refractivity contribution in [3.05, 3.63) is 4.13 Å². The van der Waals surface area contributed by atoms with Crippen LogP contribution in [0.2, 0.25) is 0 Å². The molecule has 92 valence electrons. The maximum atomic E-state index is 11.6. The normalized spacial score (nSPS) is 17.4. The molecule has 0 amide bonds. The van der Waals surface area contributed by atoms with Gasteiger partial charge in [-0.15, -0.1) is 0 Å². The Morgan fingerprint density at radius 3 is 1.38 bits per heavy atom. The fraction of sp³-hybridized carbons (Fsp3) is 1.00. The van der Waals surface area contributed by atoms with E-state index in [0.29, 0.717) is 0 Å². The summed E-state index contributed by atoms with van der Waals surface area (Å²) in [4.78, 5) is 0. The van der Waals surface area contributed by atoms with Gasteiger partial charge in [0.25, 0.3) is 0 Å². The van der Waals surface area contributed by atoms with Crippen LogP contribution >= 0.6 is 0 Å². The van der Waals surface area contributed by atoms with Crippen LogP contribution in [0.3, 0.4) is 0 Å². The Bertz CT molecular complexity index is 391. The number of hydrogen-bond acceptors (Lipinski definition) is 4. The molecule has 0 fully saturated rings. The number of sulfonamides is 1. The van der Waals surface area contributed by atoms with Gasteiger partial charge in [-0.05, 0) is 0 Å². The van der Waals surface area contributed by atoms with Gasteiger partial charge < -0.3 is 4.13 Å². The molecule has 0 aliphatic rings. The van der Waals surface area contributed by atoms with Gasteiger partial charge in [0.1, 0.15) is 0 Å². The van der Waals surface area contributed by atoms with E-state index < -0.39 is 31.0 Å². The summed E-state index contributed by atoms with van der Waals surface area (Å²) in [5.74, 6) is 0. The van der Waals surface area contributed by atoms with Crippen molar-refractivity contribution >= 4 is 19.9 Å². The molecule has 0 heterocycles. The van der Waals surface area contributed by atoms with Gasteiger partial charge in [0, 0.05) is 0 Å². The van der Waals surface area contributed by atoms with Crippen molar-refractivity contribution in [3.8, 4) is 0 Å². The van der Waals surface area contributed by atoms with Gasteiger partial charge in [0.15, 0.2) is 10.0 Å². The molecular formula is C2HF6KN2O3S2. The second kappa shape index (κ2) is 5.37. The third kappa shape index (κ3) is 4.75.